The van der Waals surface area contributed by atoms with Gasteiger partial charge >= 0.3 is 0 Å². The molecule has 7 heteroatoms. The van der Waals surface area contributed by atoms with Crippen LogP contribution in [0.5, 0.6) is 0 Å². The normalized spacial score (nSPS) is 12.2. The molecule has 1 heterocycles. The lowest BCUT2D eigenvalue weighted by atomic mass is 9.99. The Balaban J connectivity index is 2.08. The molecule has 0 spiro atoms. The number of rotatable bonds is 4. The molecule has 128 valence electrons. The van der Waals surface area contributed by atoms with Crippen LogP contribution < -0.4 is 0 Å². The first-order chi connectivity index (χ1) is 12.0. The second-order valence-corrected chi connectivity index (χ2v) is 7.94. The Morgan fingerprint density at radius 1 is 1.04 bits per heavy atom. The Labute approximate surface area is 163 Å². The first kappa shape index (κ1) is 18.4. The third-order valence-corrected chi connectivity index (χ3v) is 6.08. The topological polar surface area (TPSA) is 50.2 Å². The van der Waals surface area contributed by atoms with Crippen LogP contribution in [0.2, 0.25) is 0 Å². The zero-order valence-electron chi connectivity index (χ0n) is 12.7. The molecule has 1 atom stereocenters. The van der Waals surface area contributed by atoms with Crippen molar-refractivity contribution < 1.29 is 13.2 Å². The van der Waals surface area contributed by atoms with E-state index in [1.54, 1.807) is 12.3 Å². The highest BCUT2D eigenvalue weighted by Crippen LogP contribution is 2.34. The smallest absolute Gasteiger partial charge is 0.157 e. The molecule has 25 heavy (non-hydrogen) atoms. The predicted octanol–water partition coefficient (Wildman–Crippen LogP) is 5.80. The van der Waals surface area contributed by atoms with Crippen LogP contribution in [0.15, 0.2) is 63.7 Å². The quantitative estimate of drug-likeness (QED) is 0.476. The molecule has 0 radical (unpaired) electrons. The second kappa shape index (κ2) is 7.86. The van der Waals surface area contributed by atoms with E-state index in [1.807, 2.05) is 30.3 Å². The van der Waals surface area contributed by atoms with Gasteiger partial charge in [-0.2, -0.15) is 0 Å². The molecule has 3 rings (SSSR count). The SMILES string of the molecule is O=S(O)Cc1ccc(-c2ncccc2-c2ccc(Br)c(Br)c2)cc1F. The van der Waals surface area contributed by atoms with Crippen LogP contribution in [0.3, 0.4) is 0 Å². The molecule has 0 fully saturated rings. The first-order valence-electron chi connectivity index (χ1n) is 7.22. The van der Waals surface area contributed by atoms with Gasteiger partial charge in [-0.05, 0) is 61.7 Å². The second-order valence-electron chi connectivity index (χ2n) is 5.30. The van der Waals surface area contributed by atoms with Crippen LogP contribution in [0.25, 0.3) is 22.4 Å². The highest BCUT2D eigenvalue weighted by molar-refractivity contribution is 9.13. The summed E-state index contributed by atoms with van der Waals surface area (Å²) in [5.74, 6) is -0.755. The fraction of sp³-hybridized carbons (Fsp3) is 0.0556. The highest BCUT2D eigenvalue weighted by Gasteiger charge is 2.13. The average molecular weight is 485 g/mol. The summed E-state index contributed by atoms with van der Waals surface area (Å²) in [6.07, 6.45) is 1.65. The van der Waals surface area contributed by atoms with E-state index in [4.69, 9.17) is 4.55 Å². The third kappa shape index (κ3) is 4.23. The predicted molar refractivity (Wildman–Crippen MR) is 105 cm³/mol. The fourth-order valence-corrected chi connectivity index (χ4v) is 3.60. The number of halogens is 3. The monoisotopic (exact) mass is 483 g/mol. The van der Waals surface area contributed by atoms with Crippen molar-refractivity contribution in [2.24, 2.45) is 0 Å². The van der Waals surface area contributed by atoms with Gasteiger partial charge in [-0.25, -0.2) is 8.60 Å². The number of benzene rings is 2. The molecule has 0 amide bonds. The van der Waals surface area contributed by atoms with Gasteiger partial charge in [-0.3, -0.25) is 4.98 Å². The van der Waals surface area contributed by atoms with Crippen LogP contribution in [-0.4, -0.2) is 13.7 Å². The Morgan fingerprint density at radius 2 is 1.80 bits per heavy atom. The maximum absolute atomic E-state index is 14.3. The van der Waals surface area contributed by atoms with Crippen molar-refractivity contribution in [2.75, 3.05) is 0 Å². The van der Waals surface area contributed by atoms with Crippen molar-refractivity contribution >= 4 is 42.9 Å². The van der Waals surface area contributed by atoms with E-state index in [-0.39, 0.29) is 11.3 Å². The first-order valence-corrected chi connectivity index (χ1v) is 10.1. The van der Waals surface area contributed by atoms with E-state index in [0.29, 0.717) is 11.3 Å². The number of nitrogens with zero attached hydrogens (tertiary/aromatic N) is 1. The van der Waals surface area contributed by atoms with Gasteiger partial charge in [0.05, 0.1) is 11.4 Å². The van der Waals surface area contributed by atoms with Gasteiger partial charge in [-0.15, -0.1) is 0 Å². The van der Waals surface area contributed by atoms with Crippen molar-refractivity contribution in [3.8, 4) is 22.4 Å². The molecule has 1 N–H and O–H groups in total. The van der Waals surface area contributed by atoms with Crippen LogP contribution in [-0.2, 0) is 16.8 Å². The molecule has 0 aliphatic carbocycles. The van der Waals surface area contributed by atoms with Gasteiger partial charge < -0.3 is 4.55 Å². The Hall–Kier alpha value is -1.41. The molecule has 3 aromatic rings. The van der Waals surface area contributed by atoms with Crippen molar-refractivity contribution in [3.63, 3.8) is 0 Å². The van der Waals surface area contributed by atoms with Gasteiger partial charge in [-0.1, -0.05) is 24.3 Å². The summed E-state index contributed by atoms with van der Waals surface area (Å²) in [6, 6.07) is 14.2. The van der Waals surface area contributed by atoms with Crippen molar-refractivity contribution in [3.05, 3.63) is 75.1 Å². The van der Waals surface area contributed by atoms with Crippen LogP contribution in [0.4, 0.5) is 4.39 Å². The molecule has 0 saturated heterocycles. The molecule has 3 nitrogen and oxygen atoms in total. The standard InChI is InChI=1S/C18H12Br2FNO2S/c19-15-6-5-11(8-16(15)20)14-2-1-7-22-18(14)12-3-4-13(10-25(23)24)17(21)9-12/h1-9H,10H2,(H,23,24). The molecule has 1 unspecified atom stereocenters. The summed E-state index contributed by atoms with van der Waals surface area (Å²) < 4.78 is 35.9. The van der Waals surface area contributed by atoms with Gasteiger partial charge in [0, 0.05) is 31.8 Å². The number of hydrogen-bond acceptors (Lipinski definition) is 2. The average Bonchev–Trinajstić information content (AvgIpc) is 2.59. The summed E-state index contributed by atoms with van der Waals surface area (Å²) in [6.45, 7) is 0. The molecule has 0 saturated carbocycles. The molecular formula is C18H12Br2FNO2S. The molecule has 0 aliphatic rings. The molecule has 1 aromatic heterocycles. The lowest BCUT2D eigenvalue weighted by Crippen LogP contribution is -1.97. The number of aromatic nitrogens is 1. The number of hydrogen-bond donors (Lipinski definition) is 1. The third-order valence-electron chi connectivity index (χ3n) is 3.64. The van der Waals surface area contributed by atoms with Gasteiger partial charge in [0.1, 0.15) is 5.82 Å². The molecular weight excluding hydrogens is 473 g/mol. The minimum Gasteiger partial charge on any atom is -0.306 e. The van der Waals surface area contributed by atoms with E-state index < -0.39 is 16.9 Å². The van der Waals surface area contributed by atoms with Crippen LogP contribution in [0.1, 0.15) is 5.56 Å². The maximum Gasteiger partial charge on any atom is 0.157 e. The highest BCUT2D eigenvalue weighted by atomic mass is 79.9. The zero-order valence-corrected chi connectivity index (χ0v) is 16.7. The summed E-state index contributed by atoms with van der Waals surface area (Å²) in [7, 11) is 0. The Morgan fingerprint density at radius 3 is 2.48 bits per heavy atom. The van der Waals surface area contributed by atoms with Gasteiger partial charge in [0.15, 0.2) is 11.1 Å². The fourth-order valence-electron chi connectivity index (χ4n) is 2.48. The minimum atomic E-state index is -2.08. The van der Waals surface area contributed by atoms with Gasteiger partial charge in [0.2, 0.25) is 0 Å². The lowest BCUT2D eigenvalue weighted by Gasteiger charge is -2.11. The summed E-state index contributed by atoms with van der Waals surface area (Å²) in [5.41, 5.74) is 3.27. The van der Waals surface area contributed by atoms with E-state index in [2.05, 4.69) is 36.8 Å². The van der Waals surface area contributed by atoms with E-state index >= 15 is 0 Å². The van der Waals surface area contributed by atoms with E-state index in [1.165, 1.54) is 12.1 Å². The van der Waals surface area contributed by atoms with Crippen molar-refractivity contribution in [2.45, 2.75) is 5.75 Å². The van der Waals surface area contributed by atoms with Crippen LogP contribution in [0, 0.1) is 5.82 Å². The van der Waals surface area contributed by atoms with E-state index in [9.17, 15) is 8.60 Å². The summed E-state index contributed by atoms with van der Waals surface area (Å²) in [4.78, 5) is 4.41. The minimum absolute atomic E-state index is 0.202. The molecule has 0 aliphatic heterocycles. The maximum atomic E-state index is 14.3. The summed E-state index contributed by atoms with van der Waals surface area (Å²) in [5, 5.41) is 0. The van der Waals surface area contributed by atoms with Crippen molar-refractivity contribution in [1.29, 1.82) is 0 Å². The van der Waals surface area contributed by atoms with Crippen LogP contribution >= 0.6 is 31.9 Å². The van der Waals surface area contributed by atoms with Gasteiger partial charge in [0.25, 0.3) is 0 Å². The summed E-state index contributed by atoms with van der Waals surface area (Å²) >= 11 is 4.85. The molecule has 0 bridgehead atoms. The Bertz CT molecular complexity index is 966. The largest absolute Gasteiger partial charge is 0.306 e. The zero-order chi connectivity index (χ0) is 18.0. The van der Waals surface area contributed by atoms with E-state index in [0.717, 1.165) is 20.1 Å². The molecule has 2 aromatic carbocycles. The number of pyridine rings is 1. The van der Waals surface area contributed by atoms with Crippen molar-refractivity contribution in [1.82, 2.24) is 4.98 Å². The Kier molecular flexibility index (Phi) is 5.78. The lowest BCUT2D eigenvalue weighted by molar-refractivity contribution is 0.559.